The van der Waals surface area contributed by atoms with Gasteiger partial charge < -0.3 is 4.90 Å². The molecule has 0 fully saturated rings. The molecule has 126 valence electrons. The highest BCUT2D eigenvalue weighted by Crippen LogP contribution is 2.44. The average Bonchev–Trinajstić information content (AvgIpc) is 2.87. The van der Waals surface area contributed by atoms with Crippen molar-refractivity contribution in [3.63, 3.8) is 0 Å². The molecule has 2 atom stereocenters. The molecule has 0 saturated carbocycles. The molecule has 0 saturated heterocycles. The van der Waals surface area contributed by atoms with Crippen molar-refractivity contribution in [3.8, 4) is 0 Å². The number of benzene rings is 1. The molecular formula is C13H16N2S8. The summed E-state index contributed by atoms with van der Waals surface area (Å²) in [6, 6.07) is 10.0. The highest BCUT2D eigenvalue weighted by molar-refractivity contribution is 8.95. The molecule has 10 heteroatoms. The van der Waals surface area contributed by atoms with E-state index in [4.69, 9.17) is 44.8 Å². The summed E-state index contributed by atoms with van der Waals surface area (Å²) in [6.07, 6.45) is -2.09. The number of nitrogens with zero attached hydrogens (tertiary/aromatic N) is 2. The van der Waals surface area contributed by atoms with Crippen LogP contribution in [-0.2, 0) is 58.9 Å². The second-order valence-electron chi connectivity index (χ2n) is 5.06. The first-order valence-corrected chi connectivity index (χ1v) is 15.2. The Bertz CT molecular complexity index is 817. The zero-order chi connectivity index (χ0) is 17.4. The molecule has 0 amide bonds. The van der Waals surface area contributed by atoms with Gasteiger partial charge in [0, 0.05) is 12.7 Å². The van der Waals surface area contributed by atoms with Crippen molar-refractivity contribution in [1.82, 2.24) is 0 Å². The first kappa shape index (κ1) is 20.0. The fourth-order valence-corrected chi connectivity index (χ4v) is 14.9. The lowest BCUT2D eigenvalue weighted by Gasteiger charge is -2.34. The van der Waals surface area contributed by atoms with Gasteiger partial charge in [0.1, 0.15) is 0 Å². The van der Waals surface area contributed by atoms with E-state index >= 15 is 0 Å². The molecule has 1 heterocycles. The largest absolute Gasteiger partial charge is 0.324 e. The summed E-state index contributed by atoms with van der Waals surface area (Å²) in [7, 11) is 0.754. The van der Waals surface area contributed by atoms with E-state index in [9.17, 15) is 0 Å². The summed E-state index contributed by atoms with van der Waals surface area (Å²) in [5.74, 6) is 0. The predicted molar refractivity (Wildman–Crippen MR) is 126 cm³/mol. The molecule has 0 aliphatic carbocycles. The first-order valence-electron chi connectivity index (χ1n) is 6.43. The standard InChI is InChI=1S/C13H16N2S8/c1-9-11(13(2,22(16)17)23(18,19)20)21-12(14-9)15(3)10-7-5-4-6-8-10/h4-8,11,22H,1H2,2-3H3,(H,18,19,20)/t11-,13?/m1/s1. The molecule has 0 N–H and O–H groups in total. The van der Waals surface area contributed by atoms with Crippen molar-refractivity contribution >= 4 is 93.2 Å². The summed E-state index contributed by atoms with van der Waals surface area (Å²) in [5, 5.41) is 0.730. The smallest absolute Gasteiger partial charge is 0.169 e. The van der Waals surface area contributed by atoms with Crippen molar-refractivity contribution in [2.24, 2.45) is 4.99 Å². The van der Waals surface area contributed by atoms with Gasteiger partial charge in [0.25, 0.3) is 0 Å². The minimum atomic E-state index is -2.09. The van der Waals surface area contributed by atoms with Gasteiger partial charge in [0.2, 0.25) is 0 Å². The van der Waals surface area contributed by atoms with E-state index in [1.165, 1.54) is 0 Å². The number of aliphatic imine (C=N–C) groups is 1. The van der Waals surface area contributed by atoms with Crippen LogP contribution in [0.25, 0.3) is 0 Å². The minimum Gasteiger partial charge on any atom is -0.324 e. The van der Waals surface area contributed by atoms with Gasteiger partial charge in [-0.25, -0.2) is 4.99 Å². The molecule has 2 rings (SSSR count). The van der Waals surface area contributed by atoms with E-state index in [0.29, 0.717) is 0 Å². The van der Waals surface area contributed by atoms with Crippen LogP contribution in [0, 0.1) is 0 Å². The second-order valence-corrected chi connectivity index (χ2v) is 19.3. The Hall–Kier alpha value is 0.710. The molecular weight excluding hydrogens is 441 g/mol. The van der Waals surface area contributed by atoms with Crippen LogP contribution in [0.3, 0.4) is 0 Å². The van der Waals surface area contributed by atoms with Crippen LogP contribution < -0.4 is 4.90 Å². The number of rotatable bonds is 4. The third-order valence-electron chi connectivity index (χ3n) is 3.57. The molecule has 1 aromatic rings. The van der Waals surface area contributed by atoms with E-state index in [-0.39, 0.29) is 5.25 Å². The number of hydrogen-bond donors (Lipinski definition) is 2. The van der Waals surface area contributed by atoms with E-state index < -0.39 is 18.3 Å². The van der Waals surface area contributed by atoms with Gasteiger partial charge in [-0.1, -0.05) is 44.6 Å². The quantitative estimate of drug-likeness (QED) is 0.531. The molecule has 0 spiro atoms. The molecule has 0 aromatic heterocycles. The van der Waals surface area contributed by atoms with Gasteiger partial charge in [-0.2, -0.15) is 0 Å². The molecule has 1 aliphatic heterocycles. The zero-order valence-corrected chi connectivity index (χ0v) is 19.1. The summed E-state index contributed by atoms with van der Waals surface area (Å²) in [5.41, 5.74) is 1.77. The first-order chi connectivity index (χ1) is 10.6. The van der Waals surface area contributed by atoms with Crippen LogP contribution in [0.15, 0.2) is 47.6 Å². The SMILES string of the molecule is C=C1N=C(N(C)c2ccccc2)S[C@H]1C(C)([SH](=S)=S)S(=S)(=S)S. The Morgan fingerprint density at radius 2 is 1.91 bits per heavy atom. The van der Waals surface area contributed by atoms with Crippen LogP contribution in [0.5, 0.6) is 0 Å². The Balaban J connectivity index is 2.37. The lowest BCUT2D eigenvalue weighted by atomic mass is 10.2. The minimum absolute atomic E-state index is 0.118. The second kappa shape index (κ2) is 7.53. The van der Waals surface area contributed by atoms with Crippen LogP contribution >= 0.6 is 23.4 Å². The normalized spacial score (nSPS) is 21.1. The molecule has 23 heavy (non-hydrogen) atoms. The fourth-order valence-electron chi connectivity index (χ4n) is 2.04. The molecule has 1 unspecified atom stereocenters. The van der Waals surface area contributed by atoms with Crippen molar-refractivity contribution < 1.29 is 0 Å². The van der Waals surface area contributed by atoms with Crippen LogP contribution in [0.2, 0.25) is 0 Å². The third-order valence-corrected chi connectivity index (χ3v) is 16.4. The van der Waals surface area contributed by atoms with Crippen molar-refractivity contribution in [2.45, 2.75) is 16.3 Å². The number of amidine groups is 1. The molecule has 0 radical (unpaired) electrons. The number of para-hydroxylation sites is 1. The number of thioether (sulfide) groups is 1. The van der Waals surface area contributed by atoms with Gasteiger partial charge in [0.15, 0.2) is 5.17 Å². The molecule has 1 aliphatic rings. The van der Waals surface area contributed by atoms with E-state index in [0.717, 1.165) is 16.6 Å². The van der Waals surface area contributed by atoms with Gasteiger partial charge in [0.05, 0.1) is 15.0 Å². The Labute approximate surface area is 167 Å². The monoisotopic (exact) mass is 456 g/mol. The maximum absolute atomic E-state index is 5.51. The highest BCUT2D eigenvalue weighted by atomic mass is 33.5. The fraction of sp³-hybridized carbons (Fsp3) is 0.308. The van der Waals surface area contributed by atoms with E-state index in [2.05, 4.69) is 23.2 Å². The molecule has 2 nitrogen and oxygen atoms in total. The van der Waals surface area contributed by atoms with Crippen LogP contribution in [-0.4, -0.2) is 21.5 Å². The van der Waals surface area contributed by atoms with Crippen molar-refractivity contribution in [3.05, 3.63) is 42.6 Å². The zero-order valence-electron chi connectivity index (χ0n) is 12.4. The van der Waals surface area contributed by atoms with Crippen molar-refractivity contribution in [2.75, 3.05) is 11.9 Å². The van der Waals surface area contributed by atoms with Crippen LogP contribution in [0.4, 0.5) is 5.69 Å². The highest BCUT2D eigenvalue weighted by Gasteiger charge is 2.45. The van der Waals surface area contributed by atoms with Gasteiger partial charge >= 0.3 is 0 Å². The lowest BCUT2D eigenvalue weighted by Crippen LogP contribution is -2.43. The Morgan fingerprint density at radius 1 is 1.35 bits per heavy atom. The van der Waals surface area contributed by atoms with Gasteiger partial charge in [-0.15, -0.1) is 11.7 Å². The Kier molecular flexibility index (Phi) is 6.55. The number of thiol groups is 2. The number of hydrogen-bond acceptors (Lipinski definition) is 7. The third kappa shape index (κ3) is 3.94. The summed E-state index contributed by atoms with van der Waals surface area (Å²) < 4.78 is -0.606. The molecule has 0 bridgehead atoms. The average molecular weight is 457 g/mol. The summed E-state index contributed by atoms with van der Waals surface area (Å²) in [6.45, 7) is 6.06. The predicted octanol–water partition coefficient (Wildman–Crippen LogP) is 3.02. The topological polar surface area (TPSA) is 15.6 Å². The van der Waals surface area contributed by atoms with Gasteiger partial charge in [-0.05, 0) is 70.0 Å². The van der Waals surface area contributed by atoms with Crippen LogP contribution in [0.1, 0.15) is 6.92 Å². The van der Waals surface area contributed by atoms with Crippen molar-refractivity contribution in [1.29, 1.82) is 0 Å². The van der Waals surface area contributed by atoms with Gasteiger partial charge in [-0.3, -0.25) is 0 Å². The van der Waals surface area contributed by atoms with E-state index in [1.807, 2.05) is 49.2 Å². The maximum atomic E-state index is 5.51. The van der Waals surface area contributed by atoms with E-state index in [1.54, 1.807) is 11.8 Å². The molecule has 1 aromatic carbocycles. The maximum Gasteiger partial charge on any atom is 0.169 e. The lowest BCUT2D eigenvalue weighted by molar-refractivity contribution is 0.896. The number of anilines is 1. The summed E-state index contributed by atoms with van der Waals surface area (Å²) >= 11 is 28.0. The Morgan fingerprint density at radius 3 is 2.39 bits per heavy atom. The summed E-state index contributed by atoms with van der Waals surface area (Å²) in [4.78, 5) is 6.65.